The van der Waals surface area contributed by atoms with Crippen LogP contribution in [0.3, 0.4) is 0 Å². The molecule has 2 aliphatic rings. The predicted molar refractivity (Wildman–Crippen MR) is 87.3 cm³/mol. The Hall–Kier alpha value is -0.610. The molecule has 4 heteroatoms. The van der Waals surface area contributed by atoms with E-state index in [0.717, 1.165) is 39.0 Å². The molecule has 2 unspecified atom stereocenters. The third-order valence-corrected chi connectivity index (χ3v) is 5.22. The van der Waals surface area contributed by atoms with E-state index in [9.17, 15) is 4.79 Å². The van der Waals surface area contributed by atoms with Crippen molar-refractivity contribution < 1.29 is 4.79 Å². The molecular weight excluding hydrogens is 262 g/mol. The molecule has 1 N–H and O–H groups in total. The number of rotatable bonds is 4. The number of nitrogens with zero attached hydrogens (tertiary/aromatic N) is 2. The second-order valence-electron chi connectivity index (χ2n) is 7.66. The van der Waals surface area contributed by atoms with E-state index in [0.29, 0.717) is 11.8 Å². The van der Waals surface area contributed by atoms with Crippen molar-refractivity contribution in [3.8, 4) is 0 Å². The molecule has 2 atom stereocenters. The molecule has 2 heterocycles. The van der Waals surface area contributed by atoms with Gasteiger partial charge in [0.25, 0.3) is 0 Å². The molecule has 1 amide bonds. The van der Waals surface area contributed by atoms with Crippen LogP contribution in [0, 0.1) is 11.3 Å². The van der Waals surface area contributed by atoms with Gasteiger partial charge in [0.15, 0.2) is 0 Å². The van der Waals surface area contributed by atoms with Gasteiger partial charge in [-0.2, -0.15) is 0 Å². The number of likely N-dealkylation sites (tertiary alicyclic amines) is 2. The molecule has 0 radical (unpaired) electrons. The minimum atomic E-state index is 0.0117. The quantitative estimate of drug-likeness (QED) is 0.861. The minimum absolute atomic E-state index is 0.0117. The average molecular weight is 295 g/mol. The van der Waals surface area contributed by atoms with Crippen LogP contribution in [0.25, 0.3) is 0 Å². The zero-order valence-electron chi connectivity index (χ0n) is 14.3. The lowest BCUT2D eigenvalue weighted by Gasteiger charge is -2.37. The SMILES string of the molecule is CCN1CCCC(CN2CC(C)(C)CCC(NC)C2=O)C1. The normalized spacial score (nSPS) is 31.2. The summed E-state index contributed by atoms with van der Waals surface area (Å²) in [6, 6.07) is 0.0117. The van der Waals surface area contributed by atoms with Crippen molar-refractivity contribution >= 4 is 5.91 Å². The molecule has 21 heavy (non-hydrogen) atoms. The van der Waals surface area contributed by atoms with Crippen LogP contribution in [0.1, 0.15) is 46.5 Å². The fourth-order valence-electron chi connectivity index (χ4n) is 3.87. The van der Waals surface area contributed by atoms with E-state index < -0.39 is 0 Å². The van der Waals surface area contributed by atoms with Crippen molar-refractivity contribution in [2.75, 3.05) is 39.8 Å². The standard InChI is InChI=1S/C17H33N3O/c1-5-19-10-6-7-14(11-19)12-20-13-17(2,3)9-8-15(18-4)16(20)21/h14-15,18H,5-13H2,1-4H3. The molecule has 0 saturated carbocycles. The monoisotopic (exact) mass is 295 g/mol. The second kappa shape index (κ2) is 7.10. The Morgan fingerprint density at radius 2 is 2.10 bits per heavy atom. The summed E-state index contributed by atoms with van der Waals surface area (Å²) in [4.78, 5) is 17.4. The zero-order valence-corrected chi connectivity index (χ0v) is 14.3. The van der Waals surface area contributed by atoms with Crippen LogP contribution < -0.4 is 5.32 Å². The first-order valence-electron chi connectivity index (χ1n) is 8.63. The first-order valence-corrected chi connectivity index (χ1v) is 8.63. The number of hydrogen-bond acceptors (Lipinski definition) is 3. The summed E-state index contributed by atoms with van der Waals surface area (Å²) < 4.78 is 0. The fourth-order valence-corrected chi connectivity index (χ4v) is 3.87. The summed E-state index contributed by atoms with van der Waals surface area (Å²) in [7, 11) is 1.92. The number of amides is 1. The van der Waals surface area contributed by atoms with Gasteiger partial charge in [0.1, 0.15) is 0 Å². The molecule has 0 aliphatic carbocycles. The van der Waals surface area contributed by atoms with Crippen molar-refractivity contribution in [2.24, 2.45) is 11.3 Å². The fraction of sp³-hybridized carbons (Fsp3) is 0.941. The molecule has 2 fully saturated rings. The Labute approximate surface area is 130 Å². The number of carbonyl (C=O) groups is 1. The number of nitrogens with one attached hydrogen (secondary N) is 1. The lowest BCUT2D eigenvalue weighted by Crippen LogP contribution is -2.49. The molecule has 0 aromatic rings. The minimum Gasteiger partial charge on any atom is -0.340 e. The molecule has 2 saturated heterocycles. The van der Waals surface area contributed by atoms with Crippen LogP contribution in [0.5, 0.6) is 0 Å². The third kappa shape index (κ3) is 4.43. The molecule has 2 rings (SSSR count). The van der Waals surface area contributed by atoms with E-state index in [1.54, 1.807) is 0 Å². The molecule has 0 aromatic carbocycles. The third-order valence-electron chi connectivity index (χ3n) is 5.22. The van der Waals surface area contributed by atoms with E-state index in [1.807, 2.05) is 7.05 Å². The molecule has 4 nitrogen and oxygen atoms in total. The summed E-state index contributed by atoms with van der Waals surface area (Å²) in [5, 5.41) is 3.22. The maximum absolute atomic E-state index is 12.7. The second-order valence-corrected chi connectivity index (χ2v) is 7.66. The van der Waals surface area contributed by atoms with Crippen molar-refractivity contribution in [3.63, 3.8) is 0 Å². The summed E-state index contributed by atoms with van der Waals surface area (Å²) >= 11 is 0. The summed E-state index contributed by atoms with van der Waals surface area (Å²) in [5.74, 6) is 0.964. The summed E-state index contributed by atoms with van der Waals surface area (Å²) in [5.41, 5.74) is 0.236. The van der Waals surface area contributed by atoms with E-state index in [1.165, 1.54) is 19.4 Å². The van der Waals surface area contributed by atoms with E-state index in [-0.39, 0.29) is 11.5 Å². The van der Waals surface area contributed by atoms with Gasteiger partial charge in [-0.15, -0.1) is 0 Å². The first-order chi connectivity index (χ1) is 9.95. The van der Waals surface area contributed by atoms with Crippen LogP contribution >= 0.6 is 0 Å². The van der Waals surface area contributed by atoms with Crippen LogP contribution in [0.4, 0.5) is 0 Å². The van der Waals surface area contributed by atoms with E-state index in [4.69, 9.17) is 0 Å². The topological polar surface area (TPSA) is 35.6 Å². The summed E-state index contributed by atoms with van der Waals surface area (Å²) in [6.45, 7) is 12.2. The van der Waals surface area contributed by atoms with Gasteiger partial charge in [0.05, 0.1) is 6.04 Å². The van der Waals surface area contributed by atoms with Gasteiger partial charge in [-0.25, -0.2) is 0 Å². The van der Waals surface area contributed by atoms with Crippen molar-refractivity contribution in [1.82, 2.24) is 15.1 Å². The van der Waals surface area contributed by atoms with Crippen molar-refractivity contribution in [1.29, 1.82) is 0 Å². The highest BCUT2D eigenvalue weighted by atomic mass is 16.2. The first kappa shape index (κ1) is 16.8. The van der Waals surface area contributed by atoms with E-state index in [2.05, 4.69) is 35.9 Å². The summed E-state index contributed by atoms with van der Waals surface area (Å²) in [6.07, 6.45) is 4.63. The number of likely N-dealkylation sites (N-methyl/N-ethyl adjacent to an activating group) is 1. The highest BCUT2D eigenvalue weighted by Gasteiger charge is 2.35. The van der Waals surface area contributed by atoms with Crippen molar-refractivity contribution in [2.45, 2.75) is 52.5 Å². The largest absolute Gasteiger partial charge is 0.340 e. The Morgan fingerprint density at radius 3 is 2.76 bits per heavy atom. The van der Waals surface area contributed by atoms with Gasteiger partial charge in [0.2, 0.25) is 5.91 Å². The Morgan fingerprint density at radius 1 is 1.33 bits per heavy atom. The van der Waals surface area contributed by atoms with Gasteiger partial charge in [-0.3, -0.25) is 4.79 Å². The Bertz CT molecular complexity index is 356. The molecule has 0 bridgehead atoms. The highest BCUT2D eigenvalue weighted by Crippen LogP contribution is 2.30. The van der Waals surface area contributed by atoms with Gasteiger partial charge < -0.3 is 15.1 Å². The smallest absolute Gasteiger partial charge is 0.239 e. The molecular formula is C17H33N3O. The van der Waals surface area contributed by atoms with Crippen LogP contribution in [-0.2, 0) is 4.79 Å². The van der Waals surface area contributed by atoms with Crippen LogP contribution in [-0.4, -0.2) is 61.5 Å². The van der Waals surface area contributed by atoms with Crippen LogP contribution in [0.2, 0.25) is 0 Å². The number of hydrogen-bond donors (Lipinski definition) is 1. The Kier molecular flexibility index (Phi) is 5.67. The molecule has 0 aromatic heterocycles. The van der Waals surface area contributed by atoms with Crippen LogP contribution in [0.15, 0.2) is 0 Å². The number of piperidine rings is 1. The molecule has 0 spiro atoms. The lowest BCUT2D eigenvalue weighted by atomic mass is 9.87. The van der Waals surface area contributed by atoms with Crippen molar-refractivity contribution in [3.05, 3.63) is 0 Å². The number of carbonyl (C=O) groups excluding carboxylic acids is 1. The average Bonchev–Trinajstić information content (AvgIpc) is 2.56. The van der Waals surface area contributed by atoms with Gasteiger partial charge >= 0.3 is 0 Å². The predicted octanol–water partition coefficient (Wildman–Crippen LogP) is 1.95. The maximum Gasteiger partial charge on any atom is 0.239 e. The van der Waals surface area contributed by atoms with Gasteiger partial charge in [-0.1, -0.05) is 20.8 Å². The van der Waals surface area contributed by atoms with E-state index >= 15 is 0 Å². The molecule has 2 aliphatic heterocycles. The maximum atomic E-state index is 12.7. The Balaban J connectivity index is 2.02. The lowest BCUT2D eigenvalue weighted by molar-refractivity contribution is -0.134. The van der Waals surface area contributed by atoms with Gasteiger partial charge in [-0.05, 0) is 57.2 Å². The highest BCUT2D eigenvalue weighted by molar-refractivity contribution is 5.82. The van der Waals surface area contributed by atoms with Gasteiger partial charge in [0, 0.05) is 19.6 Å². The molecule has 122 valence electrons. The zero-order chi connectivity index (χ0) is 15.5.